The lowest BCUT2D eigenvalue weighted by atomic mass is 9.95. The Morgan fingerprint density at radius 3 is 2.58 bits per heavy atom. The highest BCUT2D eigenvalue weighted by molar-refractivity contribution is 7.89. The number of nitrogens with zero attached hydrogens (tertiary/aromatic N) is 2. The first-order valence-electron chi connectivity index (χ1n) is 11.2. The van der Waals surface area contributed by atoms with Crippen LogP contribution in [0.4, 0.5) is 0 Å². The first kappa shape index (κ1) is 22.3. The molecule has 8 heteroatoms. The number of hydrogen-bond acceptors (Lipinski definition) is 5. The minimum Gasteiger partial charge on any atom is -0.465 e. The van der Waals surface area contributed by atoms with E-state index in [2.05, 4.69) is 4.57 Å². The van der Waals surface area contributed by atoms with Gasteiger partial charge in [-0.2, -0.15) is 4.31 Å². The summed E-state index contributed by atoms with van der Waals surface area (Å²) in [5.74, 6) is -0.208. The third-order valence-corrected chi connectivity index (χ3v) is 8.25. The first-order chi connectivity index (χ1) is 14.8. The number of sulfonamides is 1. The number of hydrogen-bond donors (Lipinski definition) is 0. The van der Waals surface area contributed by atoms with Gasteiger partial charge >= 0.3 is 5.97 Å². The van der Waals surface area contributed by atoms with Crippen LogP contribution < -0.4 is 0 Å². The first-order valence-corrected chi connectivity index (χ1v) is 12.8. The molecule has 0 N–H and O–H groups in total. The van der Waals surface area contributed by atoms with Gasteiger partial charge in [0.15, 0.2) is 0 Å². The van der Waals surface area contributed by atoms with Crippen LogP contribution in [0.1, 0.15) is 54.7 Å². The average Bonchev–Trinajstić information content (AvgIpc) is 3.06. The summed E-state index contributed by atoms with van der Waals surface area (Å²) in [6.45, 7) is 5.33. The van der Waals surface area contributed by atoms with E-state index in [1.807, 2.05) is 26.0 Å². The molecule has 0 unspecified atom stereocenters. The van der Waals surface area contributed by atoms with Gasteiger partial charge in [-0.1, -0.05) is 0 Å². The number of morpholine rings is 1. The van der Waals surface area contributed by atoms with E-state index >= 15 is 0 Å². The van der Waals surface area contributed by atoms with Crippen molar-refractivity contribution in [1.82, 2.24) is 8.87 Å². The summed E-state index contributed by atoms with van der Waals surface area (Å²) in [4.78, 5) is 12.0. The predicted octanol–water partition coefficient (Wildman–Crippen LogP) is 3.14. The Labute approximate surface area is 184 Å². The maximum absolute atomic E-state index is 12.9. The molecule has 1 fully saturated rings. The maximum Gasteiger partial charge on any atom is 0.337 e. The van der Waals surface area contributed by atoms with Crippen LogP contribution >= 0.6 is 0 Å². The van der Waals surface area contributed by atoms with Crippen LogP contribution in [0.5, 0.6) is 0 Å². The van der Waals surface area contributed by atoms with Crippen LogP contribution in [0.2, 0.25) is 0 Å². The average molecular weight is 449 g/mol. The Morgan fingerprint density at radius 1 is 1.16 bits per heavy atom. The molecule has 2 aromatic rings. The number of carbonyl (C=O) groups excluding carboxylic acids is 1. The van der Waals surface area contributed by atoms with Gasteiger partial charge in [-0.05, 0) is 69.7 Å². The lowest BCUT2D eigenvalue weighted by molar-refractivity contribution is -0.0440. The highest BCUT2D eigenvalue weighted by atomic mass is 32.2. The minimum absolute atomic E-state index is 0.0806. The molecule has 2 aliphatic rings. The molecule has 2 atom stereocenters. The molecular formula is C23H32N2O5S. The summed E-state index contributed by atoms with van der Waals surface area (Å²) < 4.78 is 40.3. The second-order valence-corrected chi connectivity index (χ2v) is 10.8. The van der Waals surface area contributed by atoms with Gasteiger partial charge in [0.05, 0.1) is 30.6 Å². The van der Waals surface area contributed by atoms with Crippen molar-refractivity contribution in [2.45, 2.75) is 64.7 Å². The molecule has 2 heterocycles. The van der Waals surface area contributed by atoms with E-state index in [4.69, 9.17) is 9.47 Å². The van der Waals surface area contributed by atoms with E-state index < -0.39 is 10.0 Å². The Hall–Kier alpha value is -1.90. The van der Waals surface area contributed by atoms with Crippen molar-refractivity contribution in [2.24, 2.45) is 0 Å². The number of rotatable bonds is 6. The van der Waals surface area contributed by atoms with E-state index in [-0.39, 0.29) is 23.9 Å². The van der Waals surface area contributed by atoms with Crippen molar-refractivity contribution in [3.05, 3.63) is 35.0 Å². The van der Waals surface area contributed by atoms with Gasteiger partial charge in [0.25, 0.3) is 0 Å². The summed E-state index contributed by atoms with van der Waals surface area (Å²) in [5, 5.41) is 1.09. The summed E-state index contributed by atoms with van der Waals surface area (Å²) in [6.07, 6.45) is 4.64. The van der Waals surface area contributed by atoms with Crippen molar-refractivity contribution < 1.29 is 22.7 Å². The van der Waals surface area contributed by atoms with Gasteiger partial charge < -0.3 is 14.0 Å². The van der Waals surface area contributed by atoms with Crippen LogP contribution in [-0.2, 0) is 38.9 Å². The Balaban J connectivity index is 1.55. The Morgan fingerprint density at radius 2 is 1.87 bits per heavy atom. The largest absolute Gasteiger partial charge is 0.465 e. The standard InChI is InChI=1S/C23H32N2O5S/c1-16-14-24(15-17(2)30-16)31(27,28)12-6-11-25-21-8-5-4-7-19(21)20-13-18(23(26)29-3)9-10-22(20)25/h9-10,13,16-17H,4-8,11-12,14-15H2,1-3H3/t16-,17+. The third kappa shape index (κ3) is 4.52. The molecule has 0 radical (unpaired) electrons. The Bertz CT molecular complexity index is 1070. The second kappa shape index (κ2) is 8.92. The molecule has 1 aliphatic heterocycles. The van der Waals surface area contributed by atoms with E-state index in [0.29, 0.717) is 31.6 Å². The third-order valence-electron chi connectivity index (χ3n) is 6.36. The molecule has 31 heavy (non-hydrogen) atoms. The van der Waals surface area contributed by atoms with Crippen molar-refractivity contribution in [1.29, 1.82) is 0 Å². The van der Waals surface area contributed by atoms with Crippen LogP contribution in [0.25, 0.3) is 10.9 Å². The predicted molar refractivity (Wildman–Crippen MR) is 120 cm³/mol. The molecule has 4 rings (SSSR count). The van der Waals surface area contributed by atoms with E-state index in [1.54, 1.807) is 10.4 Å². The van der Waals surface area contributed by atoms with Crippen LogP contribution in [0.3, 0.4) is 0 Å². The lowest BCUT2D eigenvalue weighted by Crippen LogP contribution is -2.48. The molecule has 0 bridgehead atoms. The lowest BCUT2D eigenvalue weighted by Gasteiger charge is -2.34. The number of fused-ring (bicyclic) bond motifs is 3. The zero-order chi connectivity index (χ0) is 22.2. The number of carbonyl (C=O) groups is 1. The van der Waals surface area contributed by atoms with Gasteiger partial charge in [-0.25, -0.2) is 13.2 Å². The van der Waals surface area contributed by atoms with E-state index in [1.165, 1.54) is 18.4 Å². The monoisotopic (exact) mass is 448 g/mol. The topological polar surface area (TPSA) is 77.8 Å². The SMILES string of the molecule is COC(=O)c1ccc2c(c1)c1c(n2CCCS(=O)(=O)N2C[C@@H](C)O[C@@H](C)C2)CCCC1. The fraction of sp³-hybridized carbons (Fsp3) is 0.609. The maximum atomic E-state index is 12.9. The molecule has 170 valence electrons. The Kier molecular flexibility index (Phi) is 6.42. The number of aryl methyl sites for hydroxylation is 2. The fourth-order valence-electron chi connectivity index (χ4n) is 5.03. The summed E-state index contributed by atoms with van der Waals surface area (Å²) in [7, 11) is -1.93. The van der Waals surface area contributed by atoms with Crippen LogP contribution in [-0.4, -0.2) is 61.4 Å². The van der Waals surface area contributed by atoms with Gasteiger partial charge in [0.2, 0.25) is 10.0 Å². The summed E-state index contributed by atoms with van der Waals surface area (Å²) >= 11 is 0. The van der Waals surface area contributed by atoms with Crippen molar-refractivity contribution in [3.8, 4) is 0 Å². The molecule has 1 aromatic heterocycles. The number of methoxy groups -OCH3 is 1. The molecule has 1 aromatic carbocycles. The number of ether oxygens (including phenoxy) is 2. The zero-order valence-electron chi connectivity index (χ0n) is 18.6. The molecule has 0 spiro atoms. The summed E-state index contributed by atoms with van der Waals surface area (Å²) in [5.41, 5.74) is 4.21. The van der Waals surface area contributed by atoms with Gasteiger partial charge in [0.1, 0.15) is 0 Å². The van der Waals surface area contributed by atoms with E-state index in [0.717, 1.165) is 36.6 Å². The zero-order valence-corrected chi connectivity index (χ0v) is 19.4. The van der Waals surface area contributed by atoms with Crippen LogP contribution in [0, 0.1) is 0 Å². The molecule has 0 amide bonds. The molecular weight excluding hydrogens is 416 g/mol. The quantitative estimate of drug-likeness (QED) is 0.635. The smallest absolute Gasteiger partial charge is 0.337 e. The van der Waals surface area contributed by atoms with Gasteiger partial charge in [-0.3, -0.25) is 0 Å². The minimum atomic E-state index is -3.32. The fourth-order valence-corrected chi connectivity index (χ4v) is 6.65. The number of aromatic nitrogens is 1. The molecule has 0 saturated carbocycles. The molecule has 7 nitrogen and oxygen atoms in total. The number of esters is 1. The number of benzene rings is 1. The highest BCUT2D eigenvalue weighted by Crippen LogP contribution is 2.33. The van der Waals surface area contributed by atoms with Crippen molar-refractivity contribution in [3.63, 3.8) is 0 Å². The van der Waals surface area contributed by atoms with E-state index in [9.17, 15) is 13.2 Å². The second-order valence-electron chi connectivity index (χ2n) is 8.75. The summed E-state index contributed by atoms with van der Waals surface area (Å²) in [6, 6.07) is 5.69. The highest BCUT2D eigenvalue weighted by Gasteiger charge is 2.31. The molecule has 1 aliphatic carbocycles. The van der Waals surface area contributed by atoms with Crippen molar-refractivity contribution >= 4 is 26.9 Å². The van der Waals surface area contributed by atoms with Gasteiger partial charge in [-0.15, -0.1) is 0 Å². The van der Waals surface area contributed by atoms with Crippen LogP contribution in [0.15, 0.2) is 18.2 Å². The normalized spacial score (nSPS) is 22.4. The molecule has 1 saturated heterocycles. The van der Waals surface area contributed by atoms with Gasteiger partial charge in [0, 0.05) is 36.2 Å². The van der Waals surface area contributed by atoms with Crippen molar-refractivity contribution in [2.75, 3.05) is 26.0 Å².